The minimum absolute atomic E-state index is 0.125. The lowest BCUT2D eigenvalue weighted by Gasteiger charge is -2.44. The third-order valence-electron chi connectivity index (χ3n) is 5.68. The van der Waals surface area contributed by atoms with Gasteiger partial charge in [-0.05, 0) is 38.3 Å². The van der Waals surface area contributed by atoms with Crippen molar-refractivity contribution in [1.29, 1.82) is 0 Å². The van der Waals surface area contributed by atoms with Crippen molar-refractivity contribution in [3.63, 3.8) is 0 Å². The molecule has 4 heteroatoms. The first-order valence-corrected chi connectivity index (χ1v) is 9.34. The van der Waals surface area contributed by atoms with Crippen molar-refractivity contribution in [1.82, 2.24) is 0 Å². The van der Waals surface area contributed by atoms with Gasteiger partial charge in [-0.25, -0.2) is 0 Å². The van der Waals surface area contributed by atoms with E-state index in [2.05, 4.69) is 37.4 Å². The maximum absolute atomic E-state index is 6.29. The Morgan fingerprint density at radius 3 is 2.69 bits per heavy atom. The molecular weight excluding hydrogens is 326 g/mol. The van der Waals surface area contributed by atoms with E-state index in [1.54, 1.807) is 14.2 Å². The van der Waals surface area contributed by atoms with Gasteiger partial charge < -0.3 is 19.5 Å². The molecule has 0 bridgehead atoms. The second-order valence-electron chi connectivity index (χ2n) is 7.35. The monoisotopic (exact) mass is 353 g/mol. The Morgan fingerprint density at radius 1 is 1.08 bits per heavy atom. The summed E-state index contributed by atoms with van der Waals surface area (Å²) in [6.45, 7) is 5.15. The minimum Gasteiger partial charge on any atom is -0.493 e. The van der Waals surface area contributed by atoms with Crippen LogP contribution in [0.25, 0.3) is 0 Å². The molecular formula is C22H27NO3. The highest BCUT2D eigenvalue weighted by molar-refractivity contribution is 5.64. The van der Waals surface area contributed by atoms with Gasteiger partial charge in [-0.15, -0.1) is 0 Å². The molecule has 4 rings (SSSR count). The van der Waals surface area contributed by atoms with Gasteiger partial charge in [-0.3, -0.25) is 0 Å². The molecule has 138 valence electrons. The number of methoxy groups -OCH3 is 2. The predicted octanol–water partition coefficient (Wildman–Crippen LogP) is 4.96. The summed E-state index contributed by atoms with van der Waals surface area (Å²) >= 11 is 0. The lowest BCUT2D eigenvalue weighted by atomic mass is 9.76. The average molecular weight is 353 g/mol. The van der Waals surface area contributed by atoms with Crippen LogP contribution in [0.3, 0.4) is 0 Å². The Morgan fingerprint density at radius 2 is 1.92 bits per heavy atom. The number of hydrogen-bond acceptors (Lipinski definition) is 4. The van der Waals surface area contributed by atoms with Gasteiger partial charge in [-0.2, -0.15) is 0 Å². The van der Waals surface area contributed by atoms with Gasteiger partial charge >= 0.3 is 0 Å². The predicted molar refractivity (Wildman–Crippen MR) is 103 cm³/mol. The van der Waals surface area contributed by atoms with Crippen LogP contribution in [-0.2, 0) is 4.74 Å². The van der Waals surface area contributed by atoms with E-state index in [4.69, 9.17) is 14.2 Å². The topological polar surface area (TPSA) is 39.7 Å². The van der Waals surface area contributed by atoms with Crippen LogP contribution in [-0.4, -0.2) is 20.8 Å². The van der Waals surface area contributed by atoms with Crippen LogP contribution < -0.4 is 14.8 Å². The summed E-state index contributed by atoms with van der Waals surface area (Å²) in [5.41, 5.74) is 6.18. The molecule has 2 aromatic rings. The van der Waals surface area contributed by atoms with Crippen LogP contribution in [0.15, 0.2) is 30.3 Å². The van der Waals surface area contributed by atoms with E-state index in [1.807, 2.05) is 12.1 Å². The lowest BCUT2D eigenvalue weighted by Crippen LogP contribution is -2.36. The van der Waals surface area contributed by atoms with Crippen molar-refractivity contribution < 1.29 is 14.2 Å². The molecule has 3 unspecified atom stereocenters. The van der Waals surface area contributed by atoms with Gasteiger partial charge in [0.25, 0.3) is 0 Å². The molecule has 4 nitrogen and oxygen atoms in total. The third kappa shape index (κ3) is 2.73. The Bertz CT molecular complexity index is 817. The molecule has 3 atom stereocenters. The Labute approximate surface area is 155 Å². The van der Waals surface area contributed by atoms with Gasteiger partial charge in [0, 0.05) is 29.3 Å². The quantitative estimate of drug-likeness (QED) is 0.847. The number of rotatable bonds is 3. The van der Waals surface area contributed by atoms with Crippen LogP contribution in [0, 0.1) is 19.8 Å². The number of para-hydroxylation sites is 1. The molecule has 26 heavy (non-hydrogen) atoms. The zero-order valence-electron chi connectivity index (χ0n) is 16.0. The smallest absolute Gasteiger partial charge is 0.165 e. The summed E-state index contributed by atoms with van der Waals surface area (Å²) in [6.07, 6.45) is 2.35. The number of benzene rings is 2. The molecule has 2 heterocycles. The molecule has 2 aliphatic rings. The number of nitrogens with one attached hydrogen (secondary N) is 1. The second kappa shape index (κ2) is 6.84. The highest BCUT2D eigenvalue weighted by atomic mass is 16.5. The lowest BCUT2D eigenvalue weighted by molar-refractivity contribution is -0.0384. The van der Waals surface area contributed by atoms with E-state index in [0.29, 0.717) is 5.92 Å². The first kappa shape index (κ1) is 17.2. The molecule has 0 spiro atoms. The Hall–Kier alpha value is -2.20. The summed E-state index contributed by atoms with van der Waals surface area (Å²) in [5.74, 6) is 1.95. The van der Waals surface area contributed by atoms with Gasteiger partial charge in [0.2, 0.25) is 0 Å². The van der Waals surface area contributed by atoms with E-state index < -0.39 is 0 Å². The van der Waals surface area contributed by atoms with Crippen molar-refractivity contribution >= 4 is 5.69 Å². The van der Waals surface area contributed by atoms with E-state index in [1.165, 1.54) is 22.4 Å². The summed E-state index contributed by atoms with van der Waals surface area (Å²) in [5, 5.41) is 3.82. The van der Waals surface area contributed by atoms with Crippen molar-refractivity contribution in [3.8, 4) is 11.5 Å². The summed E-state index contributed by atoms with van der Waals surface area (Å²) in [6, 6.07) is 10.8. The first-order chi connectivity index (χ1) is 12.6. The number of hydrogen-bond donors (Lipinski definition) is 1. The van der Waals surface area contributed by atoms with Crippen LogP contribution in [0.2, 0.25) is 0 Å². The maximum atomic E-state index is 6.29. The van der Waals surface area contributed by atoms with E-state index in [0.717, 1.165) is 36.5 Å². The van der Waals surface area contributed by atoms with E-state index in [-0.39, 0.29) is 12.1 Å². The van der Waals surface area contributed by atoms with Crippen LogP contribution in [0.5, 0.6) is 11.5 Å². The standard InChI is InChI=1S/C22H27NO3/c1-13-11-14(2)19-17(12-13)21-15(8-6-10-26-21)20(23-19)16-7-5-9-18(24-3)22(16)25-4/h5,7,9,11-12,15,20-21,23H,6,8,10H2,1-4H3. The fourth-order valence-electron chi connectivity index (χ4n) is 4.62. The molecule has 0 amide bonds. The van der Waals surface area contributed by atoms with Gasteiger partial charge in [0.15, 0.2) is 11.5 Å². The SMILES string of the molecule is COc1cccc(C2Nc3c(C)cc(C)cc3C3OCCCC23)c1OC. The highest BCUT2D eigenvalue weighted by Gasteiger charge is 2.41. The summed E-state index contributed by atoms with van der Waals surface area (Å²) < 4.78 is 17.5. The fourth-order valence-corrected chi connectivity index (χ4v) is 4.62. The first-order valence-electron chi connectivity index (χ1n) is 9.34. The van der Waals surface area contributed by atoms with E-state index >= 15 is 0 Å². The molecule has 0 aliphatic carbocycles. The van der Waals surface area contributed by atoms with Crippen LogP contribution in [0.1, 0.15) is 47.2 Å². The van der Waals surface area contributed by atoms with Crippen molar-refractivity contribution in [2.75, 3.05) is 26.1 Å². The summed E-state index contributed by atoms with van der Waals surface area (Å²) in [7, 11) is 3.40. The highest BCUT2D eigenvalue weighted by Crippen LogP contribution is 2.52. The van der Waals surface area contributed by atoms with Crippen LogP contribution in [0.4, 0.5) is 5.69 Å². The molecule has 1 N–H and O–H groups in total. The number of anilines is 1. The maximum Gasteiger partial charge on any atom is 0.165 e. The largest absolute Gasteiger partial charge is 0.493 e. The van der Waals surface area contributed by atoms with Crippen molar-refractivity contribution in [2.45, 2.75) is 38.8 Å². The molecule has 0 aromatic heterocycles. The molecule has 1 fully saturated rings. The minimum atomic E-state index is 0.125. The Balaban J connectivity index is 1.85. The molecule has 0 radical (unpaired) electrons. The number of fused-ring (bicyclic) bond motifs is 3. The molecule has 2 aromatic carbocycles. The van der Waals surface area contributed by atoms with Gasteiger partial charge in [0.1, 0.15) is 0 Å². The fraction of sp³-hybridized carbons (Fsp3) is 0.455. The van der Waals surface area contributed by atoms with Gasteiger partial charge in [0.05, 0.1) is 26.4 Å². The molecule has 0 saturated carbocycles. The average Bonchev–Trinajstić information content (AvgIpc) is 2.66. The zero-order valence-corrected chi connectivity index (χ0v) is 16.0. The van der Waals surface area contributed by atoms with Crippen molar-refractivity contribution in [3.05, 3.63) is 52.6 Å². The number of ether oxygens (including phenoxy) is 3. The van der Waals surface area contributed by atoms with E-state index in [9.17, 15) is 0 Å². The Kier molecular flexibility index (Phi) is 4.53. The second-order valence-corrected chi connectivity index (χ2v) is 7.35. The van der Waals surface area contributed by atoms with Crippen LogP contribution >= 0.6 is 0 Å². The zero-order chi connectivity index (χ0) is 18.3. The summed E-state index contributed by atoms with van der Waals surface area (Å²) in [4.78, 5) is 0. The van der Waals surface area contributed by atoms with Gasteiger partial charge in [-0.1, -0.05) is 29.8 Å². The third-order valence-corrected chi connectivity index (χ3v) is 5.68. The molecule has 2 aliphatic heterocycles. The normalized spacial score (nSPS) is 24.2. The van der Waals surface area contributed by atoms with Crippen molar-refractivity contribution in [2.24, 2.45) is 5.92 Å². The number of aryl methyl sites for hydroxylation is 2. The molecule has 1 saturated heterocycles.